The van der Waals surface area contributed by atoms with Crippen LogP contribution in [0.4, 0.5) is 5.82 Å². The first kappa shape index (κ1) is 15.3. The molecule has 0 spiro atoms. The fourth-order valence-corrected chi connectivity index (χ4v) is 2.36. The first-order valence-corrected chi connectivity index (χ1v) is 7.47. The zero-order chi connectivity index (χ0) is 15.2. The van der Waals surface area contributed by atoms with Gasteiger partial charge in [-0.1, -0.05) is 20.8 Å². The van der Waals surface area contributed by atoms with Crippen molar-refractivity contribution < 1.29 is 4.79 Å². The van der Waals surface area contributed by atoms with Crippen LogP contribution in [0.1, 0.15) is 39.7 Å². The molecule has 1 atom stereocenters. The van der Waals surface area contributed by atoms with E-state index >= 15 is 0 Å². The standard InChI is InChI=1S/C15H23N5O/c1-4-13(5-2)20-14(7-9-17-20)18-15(21)12(3)11-19-10-6-8-16-19/h6-10,12-13H,4-5,11H2,1-3H3,(H,18,21). The van der Waals surface area contributed by atoms with Crippen molar-refractivity contribution in [2.75, 3.05) is 5.32 Å². The molecule has 2 rings (SSSR count). The van der Waals surface area contributed by atoms with Gasteiger partial charge >= 0.3 is 0 Å². The van der Waals surface area contributed by atoms with Gasteiger partial charge in [-0.05, 0) is 18.9 Å². The highest BCUT2D eigenvalue weighted by Crippen LogP contribution is 2.20. The Morgan fingerprint density at radius 2 is 2.05 bits per heavy atom. The second kappa shape index (κ2) is 7.06. The zero-order valence-corrected chi connectivity index (χ0v) is 12.9. The number of anilines is 1. The maximum Gasteiger partial charge on any atom is 0.230 e. The molecule has 0 fully saturated rings. The lowest BCUT2D eigenvalue weighted by Gasteiger charge is -2.18. The number of amides is 1. The smallest absolute Gasteiger partial charge is 0.230 e. The molecule has 0 saturated carbocycles. The number of carbonyl (C=O) groups is 1. The number of hydrogen-bond acceptors (Lipinski definition) is 3. The predicted molar refractivity (Wildman–Crippen MR) is 81.9 cm³/mol. The van der Waals surface area contributed by atoms with Crippen molar-refractivity contribution in [1.82, 2.24) is 19.6 Å². The Kier molecular flexibility index (Phi) is 5.14. The van der Waals surface area contributed by atoms with Gasteiger partial charge in [0.1, 0.15) is 5.82 Å². The van der Waals surface area contributed by atoms with Gasteiger partial charge in [-0.15, -0.1) is 0 Å². The molecule has 2 heterocycles. The number of hydrogen-bond donors (Lipinski definition) is 1. The molecular formula is C15H23N5O. The monoisotopic (exact) mass is 289 g/mol. The van der Waals surface area contributed by atoms with Crippen LogP contribution in [0.2, 0.25) is 0 Å². The maximum absolute atomic E-state index is 12.3. The summed E-state index contributed by atoms with van der Waals surface area (Å²) < 4.78 is 3.67. The van der Waals surface area contributed by atoms with Crippen LogP contribution in [0.5, 0.6) is 0 Å². The molecule has 0 aliphatic heterocycles. The molecule has 0 saturated heterocycles. The summed E-state index contributed by atoms with van der Waals surface area (Å²) in [5.74, 6) is 0.592. The second-order valence-electron chi connectivity index (χ2n) is 5.25. The summed E-state index contributed by atoms with van der Waals surface area (Å²) in [6, 6.07) is 4.01. The third-order valence-corrected chi connectivity index (χ3v) is 3.68. The van der Waals surface area contributed by atoms with Gasteiger partial charge in [-0.2, -0.15) is 10.2 Å². The number of rotatable bonds is 7. The Labute approximate surface area is 125 Å². The first-order valence-electron chi connectivity index (χ1n) is 7.47. The van der Waals surface area contributed by atoms with Gasteiger partial charge in [-0.25, -0.2) is 4.68 Å². The summed E-state index contributed by atoms with van der Waals surface area (Å²) in [7, 11) is 0. The zero-order valence-electron chi connectivity index (χ0n) is 12.9. The molecule has 114 valence electrons. The van der Waals surface area contributed by atoms with Gasteiger partial charge in [0.05, 0.1) is 24.7 Å². The van der Waals surface area contributed by atoms with E-state index in [-0.39, 0.29) is 11.8 Å². The molecule has 0 aromatic carbocycles. The average molecular weight is 289 g/mol. The van der Waals surface area contributed by atoms with Gasteiger partial charge in [0.25, 0.3) is 0 Å². The van der Waals surface area contributed by atoms with Crippen LogP contribution in [0.25, 0.3) is 0 Å². The molecule has 1 N–H and O–H groups in total. The second-order valence-corrected chi connectivity index (χ2v) is 5.25. The largest absolute Gasteiger partial charge is 0.311 e. The van der Waals surface area contributed by atoms with Gasteiger partial charge in [0.2, 0.25) is 5.91 Å². The molecule has 21 heavy (non-hydrogen) atoms. The maximum atomic E-state index is 12.3. The normalized spacial score (nSPS) is 12.6. The van der Waals surface area contributed by atoms with Crippen LogP contribution in [0, 0.1) is 5.92 Å². The summed E-state index contributed by atoms with van der Waals surface area (Å²) in [5, 5.41) is 11.4. The van der Waals surface area contributed by atoms with Crippen molar-refractivity contribution in [3.8, 4) is 0 Å². The van der Waals surface area contributed by atoms with Crippen LogP contribution < -0.4 is 5.32 Å². The third-order valence-electron chi connectivity index (χ3n) is 3.68. The van der Waals surface area contributed by atoms with Crippen LogP contribution in [-0.2, 0) is 11.3 Å². The van der Waals surface area contributed by atoms with Gasteiger partial charge in [-0.3, -0.25) is 9.48 Å². The Hall–Kier alpha value is -2.11. The molecule has 6 heteroatoms. The fourth-order valence-electron chi connectivity index (χ4n) is 2.36. The van der Waals surface area contributed by atoms with Crippen molar-refractivity contribution >= 4 is 11.7 Å². The quantitative estimate of drug-likeness (QED) is 0.852. The van der Waals surface area contributed by atoms with Gasteiger partial charge < -0.3 is 5.32 Å². The highest BCUT2D eigenvalue weighted by Gasteiger charge is 2.17. The molecule has 6 nitrogen and oxygen atoms in total. The minimum Gasteiger partial charge on any atom is -0.311 e. The van der Waals surface area contributed by atoms with E-state index in [0.29, 0.717) is 12.6 Å². The topological polar surface area (TPSA) is 64.7 Å². The van der Waals surface area contributed by atoms with Crippen molar-refractivity contribution in [3.05, 3.63) is 30.7 Å². The van der Waals surface area contributed by atoms with Gasteiger partial charge in [0, 0.05) is 18.5 Å². The Morgan fingerprint density at radius 1 is 1.29 bits per heavy atom. The summed E-state index contributed by atoms with van der Waals surface area (Å²) >= 11 is 0. The highest BCUT2D eigenvalue weighted by molar-refractivity contribution is 5.91. The fraction of sp³-hybridized carbons (Fsp3) is 0.533. The minimum absolute atomic E-state index is 0.0155. The Bertz CT molecular complexity index is 556. The lowest BCUT2D eigenvalue weighted by Crippen LogP contribution is -2.26. The lowest BCUT2D eigenvalue weighted by molar-refractivity contribution is -0.119. The summed E-state index contributed by atoms with van der Waals surface area (Å²) in [4.78, 5) is 12.3. The molecule has 0 aliphatic carbocycles. The summed E-state index contributed by atoms with van der Waals surface area (Å²) in [6.45, 7) is 6.72. The van der Waals surface area contributed by atoms with E-state index in [9.17, 15) is 4.79 Å². The van der Waals surface area contributed by atoms with E-state index < -0.39 is 0 Å². The van der Waals surface area contributed by atoms with Crippen molar-refractivity contribution in [3.63, 3.8) is 0 Å². The van der Waals surface area contributed by atoms with E-state index in [0.717, 1.165) is 18.7 Å². The third kappa shape index (κ3) is 3.71. The molecule has 1 unspecified atom stereocenters. The lowest BCUT2D eigenvalue weighted by atomic mass is 10.1. The SMILES string of the molecule is CCC(CC)n1nccc1NC(=O)C(C)Cn1cccn1. The molecule has 0 aliphatic rings. The van der Waals surface area contributed by atoms with Crippen LogP contribution in [-0.4, -0.2) is 25.5 Å². The molecule has 0 bridgehead atoms. The first-order chi connectivity index (χ1) is 10.2. The number of nitrogens with one attached hydrogen (secondary N) is 1. The van der Waals surface area contributed by atoms with E-state index in [1.807, 2.05) is 29.9 Å². The van der Waals surface area contributed by atoms with Crippen LogP contribution >= 0.6 is 0 Å². The summed E-state index contributed by atoms with van der Waals surface area (Å²) in [6.07, 6.45) is 7.28. The van der Waals surface area contributed by atoms with Crippen molar-refractivity contribution in [2.45, 2.75) is 46.2 Å². The predicted octanol–water partition coefficient (Wildman–Crippen LogP) is 2.72. The highest BCUT2D eigenvalue weighted by atomic mass is 16.2. The van der Waals surface area contributed by atoms with E-state index in [4.69, 9.17) is 0 Å². The van der Waals surface area contributed by atoms with Crippen LogP contribution in [0.3, 0.4) is 0 Å². The summed E-state index contributed by atoms with van der Waals surface area (Å²) in [5.41, 5.74) is 0. The Morgan fingerprint density at radius 3 is 2.67 bits per heavy atom. The van der Waals surface area contributed by atoms with Crippen LogP contribution in [0.15, 0.2) is 30.7 Å². The number of aromatic nitrogens is 4. The van der Waals surface area contributed by atoms with E-state index in [1.165, 1.54) is 0 Å². The van der Waals surface area contributed by atoms with Crippen molar-refractivity contribution in [1.29, 1.82) is 0 Å². The average Bonchev–Trinajstić information content (AvgIpc) is 3.13. The molecule has 1 amide bonds. The van der Waals surface area contributed by atoms with E-state index in [2.05, 4.69) is 29.4 Å². The number of carbonyl (C=O) groups excluding carboxylic acids is 1. The molecular weight excluding hydrogens is 266 g/mol. The van der Waals surface area contributed by atoms with Crippen molar-refractivity contribution in [2.24, 2.45) is 5.92 Å². The molecule has 0 radical (unpaired) electrons. The minimum atomic E-state index is -0.157. The van der Waals surface area contributed by atoms with Gasteiger partial charge in [0.15, 0.2) is 0 Å². The van der Waals surface area contributed by atoms with E-state index in [1.54, 1.807) is 17.1 Å². The number of nitrogens with zero attached hydrogens (tertiary/aromatic N) is 4. The molecule has 2 aromatic rings. The molecule has 2 aromatic heterocycles. The Balaban J connectivity index is 2.01.